The predicted molar refractivity (Wildman–Crippen MR) is 176 cm³/mol. The van der Waals surface area contributed by atoms with Crippen molar-refractivity contribution in [1.82, 2.24) is 10.6 Å². The van der Waals surface area contributed by atoms with E-state index in [9.17, 15) is 20.1 Å². The summed E-state index contributed by atoms with van der Waals surface area (Å²) in [5.41, 5.74) is 9.92. The Bertz CT molecular complexity index is 1460. The average molecular weight is 637 g/mol. The molecule has 11 nitrogen and oxygen atoms in total. The number of aryl methyl sites for hydroxylation is 2. The molecule has 0 spiro atoms. The number of hydrogen-bond acceptors (Lipinski definition) is 9. The van der Waals surface area contributed by atoms with Gasteiger partial charge in [-0.3, -0.25) is 15.1 Å². The number of methoxy groups -OCH3 is 1. The van der Waals surface area contributed by atoms with E-state index in [0.29, 0.717) is 74.1 Å². The monoisotopic (exact) mass is 636 g/mol. The number of nitrogens with two attached hydrogens (primary N) is 1. The van der Waals surface area contributed by atoms with Gasteiger partial charge in [0.2, 0.25) is 6.29 Å². The lowest BCUT2D eigenvalue weighted by Crippen LogP contribution is -2.38. The van der Waals surface area contributed by atoms with Gasteiger partial charge in [-0.25, -0.2) is 0 Å². The third kappa shape index (κ3) is 9.06. The predicted octanol–water partition coefficient (Wildman–Crippen LogP) is 2.57. The number of nitrogens with zero attached hydrogens (tertiary/aromatic N) is 1. The molecule has 0 amide bonds. The van der Waals surface area contributed by atoms with Crippen LogP contribution in [0.2, 0.25) is 0 Å². The van der Waals surface area contributed by atoms with Crippen LogP contribution in [0.4, 0.5) is 0 Å². The molecule has 1 aliphatic carbocycles. The number of nitrogens with one attached hydrogen (secondary N) is 2. The number of aliphatic hydroxyl groups excluding tert-OH is 2. The molecule has 2 aromatic carbocycles. The summed E-state index contributed by atoms with van der Waals surface area (Å²) < 4.78 is 17.8. The Morgan fingerprint density at radius 1 is 1.15 bits per heavy atom. The molecule has 1 aliphatic heterocycles. The number of guanidine groups is 1. The van der Waals surface area contributed by atoms with Gasteiger partial charge in [0.1, 0.15) is 12.5 Å². The summed E-state index contributed by atoms with van der Waals surface area (Å²) >= 11 is 0. The second-order valence-electron chi connectivity index (χ2n) is 12.3. The van der Waals surface area contributed by atoms with Crippen molar-refractivity contribution in [1.29, 1.82) is 0 Å². The molecule has 0 radical (unpaired) electrons. The van der Waals surface area contributed by atoms with Crippen LogP contribution in [0.3, 0.4) is 0 Å². The standard InChI is InChI=1S/C35H48N4O7/c1-21(2)19-39-35(36)38-15-14-25-17-29-23-9-12-27(41)18-26(40)11-8-22-10-13-30(42)32(44-4)28(22)7-5-6-24(16-23)31(45-20-37-3)33(29)46-34(25)43/h10,13,16,21,25,27,34,37,41-43H,6,8-9,11-12,14-15,17-20H2,1-4H3,(H3,36,38,39). The molecular formula is C35H48N4O7. The van der Waals surface area contributed by atoms with Crippen LogP contribution in [-0.2, 0) is 30.5 Å². The molecule has 2 aromatic rings. The maximum absolute atomic E-state index is 12.8. The van der Waals surface area contributed by atoms with Crippen LogP contribution in [0.25, 0.3) is 0 Å². The number of carbonyl (C=O) groups is 1. The Balaban J connectivity index is 1.72. The van der Waals surface area contributed by atoms with Gasteiger partial charge in [-0.15, -0.1) is 0 Å². The van der Waals surface area contributed by atoms with Gasteiger partial charge >= 0.3 is 0 Å². The fraction of sp³-hybridized carbons (Fsp3) is 0.543. The van der Waals surface area contributed by atoms with Crippen LogP contribution in [0.15, 0.2) is 23.2 Å². The minimum atomic E-state index is -1.08. The van der Waals surface area contributed by atoms with Crippen molar-refractivity contribution in [2.45, 2.75) is 77.6 Å². The van der Waals surface area contributed by atoms with Crippen LogP contribution in [0, 0.1) is 23.7 Å². The summed E-state index contributed by atoms with van der Waals surface area (Å²) in [6.07, 6.45) is 1.07. The average Bonchev–Trinajstić information content (AvgIpc) is 3.02. The third-order valence-electron chi connectivity index (χ3n) is 8.23. The number of aromatic hydroxyl groups is 1. The van der Waals surface area contributed by atoms with Crippen molar-refractivity contribution < 1.29 is 34.3 Å². The number of hydrogen-bond donors (Lipinski definition) is 6. The first-order valence-corrected chi connectivity index (χ1v) is 16.0. The van der Waals surface area contributed by atoms with E-state index in [-0.39, 0.29) is 49.2 Å². The van der Waals surface area contributed by atoms with Crippen molar-refractivity contribution in [2.24, 2.45) is 22.6 Å². The summed E-state index contributed by atoms with van der Waals surface area (Å²) in [5.74, 6) is 8.04. The van der Waals surface area contributed by atoms with Gasteiger partial charge in [-0.2, -0.15) is 0 Å². The Hall–Kier alpha value is -3.98. The van der Waals surface area contributed by atoms with Crippen molar-refractivity contribution in [2.75, 3.05) is 34.0 Å². The number of benzene rings is 2. The van der Waals surface area contributed by atoms with Gasteiger partial charge < -0.3 is 40.6 Å². The zero-order valence-corrected chi connectivity index (χ0v) is 27.3. The van der Waals surface area contributed by atoms with Gasteiger partial charge in [0.25, 0.3) is 0 Å². The third-order valence-corrected chi connectivity index (χ3v) is 8.23. The molecule has 250 valence electrons. The molecule has 7 N–H and O–H groups in total. The van der Waals surface area contributed by atoms with Crippen molar-refractivity contribution in [3.63, 3.8) is 0 Å². The number of Topliss-reactive ketones (excluding diaryl/α,β-unsaturated/α-hetero) is 1. The van der Waals surface area contributed by atoms with Gasteiger partial charge in [0.05, 0.1) is 18.8 Å². The lowest BCUT2D eigenvalue weighted by atomic mass is 9.86. The Labute approximate surface area is 271 Å². The highest BCUT2D eigenvalue weighted by atomic mass is 16.6. The quantitative estimate of drug-likeness (QED) is 0.104. The van der Waals surface area contributed by atoms with Gasteiger partial charge in [0.15, 0.2) is 29.0 Å². The summed E-state index contributed by atoms with van der Waals surface area (Å²) in [5, 5.41) is 38.6. The molecule has 1 heterocycles. The van der Waals surface area contributed by atoms with Gasteiger partial charge in [0, 0.05) is 49.4 Å². The SMILES string of the molecule is CNCOc1c2cc(c3c1OC(O)C(CCNC(N)=NCC(C)C)C3)CCC(O)CC(=O)CCc1ccc(O)c(OC)c1C#CC2. The summed E-state index contributed by atoms with van der Waals surface area (Å²) in [7, 11) is 3.24. The van der Waals surface area contributed by atoms with Gasteiger partial charge in [-0.1, -0.05) is 37.8 Å². The molecule has 2 bridgehead atoms. The molecule has 0 fully saturated rings. The van der Waals surface area contributed by atoms with Crippen LogP contribution in [0.1, 0.15) is 67.3 Å². The van der Waals surface area contributed by atoms with Crippen LogP contribution in [-0.4, -0.2) is 73.4 Å². The number of carbonyl (C=O) groups excluding carboxylic acids is 1. The molecule has 3 atom stereocenters. The zero-order valence-electron chi connectivity index (χ0n) is 27.3. The molecule has 0 saturated heterocycles. The fourth-order valence-electron chi connectivity index (χ4n) is 5.80. The zero-order chi connectivity index (χ0) is 33.2. The first-order chi connectivity index (χ1) is 22.1. The van der Waals surface area contributed by atoms with E-state index in [0.717, 1.165) is 22.3 Å². The van der Waals surface area contributed by atoms with Gasteiger partial charge in [-0.05, 0) is 62.3 Å². The summed E-state index contributed by atoms with van der Waals surface area (Å²) in [6, 6.07) is 5.31. The molecule has 46 heavy (non-hydrogen) atoms. The van der Waals surface area contributed by atoms with E-state index in [1.165, 1.54) is 13.2 Å². The normalized spacial score (nSPS) is 20.3. The number of aliphatic imine (C=N–C) groups is 1. The van der Waals surface area contributed by atoms with E-state index >= 15 is 0 Å². The minimum absolute atomic E-state index is 0.0396. The van der Waals surface area contributed by atoms with E-state index in [2.05, 4.69) is 41.3 Å². The highest BCUT2D eigenvalue weighted by Gasteiger charge is 2.33. The Morgan fingerprint density at radius 3 is 2.70 bits per heavy atom. The molecule has 0 aromatic heterocycles. The summed E-state index contributed by atoms with van der Waals surface area (Å²) in [4.78, 5) is 17.2. The van der Waals surface area contributed by atoms with Crippen molar-refractivity contribution in [3.05, 3.63) is 46.0 Å². The van der Waals surface area contributed by atoms with Crippen LogP contribution < -0.4 is 30.6 Å². The molecule has 0 saturated carbocycles. The first kappa shape index (κ1) is 34.9. The lowest BCUT2D eigenvalue weighted by Gasteiger charge is -2.33. The molecular weight excluding hydrogens is 588 g/mol. The molecule has 4 rings (SSSR count). The lowest BCUT2D eigenvalue weighted by molar-refractivity contribution is -0.121. The topological polar surface area (TPSA) is 168 Å². The van der Waals surface area contributed by atoms with Crippen molar-refractivity contribution in [3.8, 4) is 34.8 Å². The first-order valence-electron chi connectivity index (χ1n) is 16.0. The molecule has 11 heteroatoms. The van der Waals surface area contributed by atoms with E-state index in [1.807, 2.05) is 6.07 Å². The molecule has 3 unspecified atom stereocenters. The fourth-order valence-corrected chi connectivity index (χ4v) is 5.80. The second-order valence-corrected chi connectivity index (χ2v) is 12.3. The maximum Gasteiger partial charge on any atom is 0.200 e. The van der Waals surface area contributed by atoms with Crippen LogP contribution in [0.5, 0.6) is 23.0 Å². The van der Waals surface area contributed by atoms with E-state index in [4.69, 9.17) is 19.9 Å². The van der Waals surface area contributed by atoms with Crippen molar-refractivity contribution >= 4 is 11.7 Å². The number of ketones is 1. The summed E-state index contributed by atoms with van der Waals surface area (Å²) in [6.45, 7) is 5.50. The molecule has 2 aliphatic rings. The highest BCUT2D eigenvalue weighted by Crippen LogP contribution is 2.44. The maximum atomic E-state index is 12.8. The number of aliphatic hydroxyl groups is 2. The number of phenolic OH excluding ortho intramolecular Hbond substituents is 1. The number of ether oxygens (including phenoxy) is 3. The van der Waals surface area contributed by atoms with E-state index in [1.54, 1.807) is 13.1 Å². The van der Waals surface area contributed by atoms with E-state index < -0.39 is 12.4 Å². The smallest absolute Gasteiger partial charge is 0.200 e. The van der Waals surface area contributed by atoms with Crippen LogP contribution >= 0.6 is 0 Å². The largest absolute Gasteiger partial charge is 0.504 e. The second kappa shape index (κ2) is 16.5. The number of phenols is 1. The number of fused-ring (bicyclic) bond motifs is 5. The highest BCUT2D eigenvalue weighted by molar-refractivity contribution is 5.79. The minimum Gasteiger partial charge on any atom is -0.504 e. The number of rotatable bonds is 9. The Morgan fingerprint density at radius 2 is 1.96 bits per heavy atom. The Kier molecular flexibility index (Phi) is 12.5.